The molecule has 0 unspecified atom stereocenters. The molecule has 0 radical (unpaired) electrons. The van der Waals surface area contributed by atoms with E-state index in [4.69, 9.17) is 9.47 Å². The molecule has 0 aromatic heterocycles. The molecule has 8 heteroatoms. The Bertz CT molecular complexity index is 995. The number of ketones is 1. The summed E-state index contributed by atoms with van der Waals surface area (Å²) in [5.74, 6) is -1.13. The van der Waals surface area contributed by atoms with E-state index in [2.05, 4.69) is 0 Å². The molecule has 0 amide bonds. The van der Waals surface area contributed by atoms with Gasteiger partial charge in [-0.2, -0.15) is 0 Å². The van der Waals surface area contributed by atoms with Crippen molar-refractivity contribution in [2.45, 2.75) is 127 Å². The van der Waals surface area contributed by atoms with Crippen molar-refractivity contribution in [2.24, 2.45) is 34.5 Å². The number of methoxy groups -OCH3 is 1. The summed E-state index contributed by atoms with van der Waals surface area (Å²) in [6.07, 6.45) is 2.17. The topological polar surface area (TPSA) is 137 Å². The first-order valence-electron chi connectivity index (χ1n) is 14.6. The van der Waals surface area contributed by atoms with Crippen molar-refractivity contribution in [3.63, 3.8) is 0 Å². The third-order valence-electron chi connectivity index (χ3n) is 12.4. The van der Waals surface area contributed by atoms with Crippen molar-refractivity contribution in [2.75, 3.05) is 7.11 Å². The van der Waals surface area contributed by atoms with E-state index < -0.39 is 52.2 Å². The van der Waals surface area contributed by atoms with Crippen molar-refractivity contribution in [3.8, 4) is 0 Å². The van der Waals surface area contributed by atoms with Crippen molar-refractivity contribution in [3.05, 3.63) is 11.6 Å². The summed E-state index contributed by atoms with van der Waals surface area (Å²) in [5, 5.41) is 56.9. The second-order valence-electron chi connectivity index (χ2n) is 14.0. The van der Waals surface area contributed by atoms with Gasteiger partial charge in [-0.05, 0) is 80.8 Å². The minimum atomic E-state index is -1.36. The Hall–Kier alpha value is -0.870. The third kappa shape index (κ3) is 3.70. The highest BCUT2D eigenvalue weighted by atomic mass is 16.7. The highest BCUT2D eigenvalue weighted by molar-refractivity contribution is 5.95. The van der Waals surface area contributed by atoms with E-state index in [9.17, 15) is 30.3 Å². The number of aliphatic hydroxyl groups excluding tert-OH is 2. The lowest BCUT2D eigenvalue weighted by atomic mass is 9.45. The minimum Gasteiger partial charge on any atom is -0.390 e. The summed E-state index contributed by atoms with van der Waals surface area (Å²) in [4.78, 5) is 13.4. The first kappa shape index (κ1) is 28.7. The molecule has 3 saturated carbocycles. The zero-order chi connectivity index (χ0) is 28.1. The Labute approximate surface area is 226 Å². The van der Waals surface area contributed by atoms with Gasteiger partial charge in [-0.15, -0.1) is 0 Å². The normalized spacial score (nSPS) is 54.4. The molecule has 4 aliphatic carbocycles. The predicted octanol–water partition coefficient (Wildman–Crippen LogP) is 2.48. The number of hydrogen-bond donors (Lipinski definition) is 5. The highest BCUT2D eigenvalue weighted by Crippen LogP contribution is 2.69. The Balaban J connectivity index is 1.49. The van der Waals surface area contributed by atoms with Gasteiger partial charge in [0.05, 0.1) is 35.1 Å². The van der Waals surface area contributed by atoms with Gasteiger partial charge in [0, 0.05) is 30.8 Å². The zero-order valence-electron chi connectivity index (χ0n) is 23.8. The molecule has 1 aliphatic heterocycles. The van der Waals surface area contributed by atoms with Gasteiger partial charge in [-0.3, -0.25) is 4.79 Å². The van der Waals surface area contributed by atoms with Crippen molar-refractivity contribution >= 4 is 5.78 Å². The van der Waals surface area contributed by atoms with Crippen molar-refractivity contribution < 1.29 is 39.8 Å². The molecule has 0 aromatic carbocycles. The number of hydrogen-bond acceptors (Lipinski definition) is 8. The van der Waals surface area contributed by atoms with Crippen LogP contribution >= 0.6 is 0 Å². The van der Waals surface area contributed by atoms with Gasteiger partial charge < -0.3 is 35.0 Å². The standard InChI is InChI=1S/C30H48O8/c1-7-29(35)15-24(38-25(37-6)16(29)2)28(5,34)23-9-11-30(36)18-12-20(31)19-13-21(32)22(33)14-26(19,3)17(18)8-10-27(23,30)4/h12,16-17,19,21-25,32-36H,7-11,13-15H2,1-6H3/t16-,17+,19+,21-,22+,23+,24-,25+,26-,27-,28-,29-,30-/m1/s1. The van der Waals surface area contributed by atoms with E-state index in [1.165, 1.54) is 0 Å². The molecule has 4 fully saturated rings. The first-order chi connectivity index (χ1) is 17.6. The summed E-state index contributed by atoms with van der Waals surface area (Å²) in [7, 11) is 1.55. The quantitative estimate of drug-likeness (QED) is 0.370. The maximum absolute atomic E-state index is 13.4. The van der Waals surface area contributed by atoms with Crippen LogP contribution in [0.4, 0.5) is 0 Å². The van der Waals surface area contributed by atoms with E-state index >= 15 is 0 Å². The molecule has 5 aliphatic rings. The molecule has 0 bridgehead atoms. The summed E-state index contributed by atoms with van der Waals surface area (Å²) < 4.78 is 11.9. The number of carbonyl (C=O) groups is 1. The molecule has 5 N–H and O–H groups in total. The average Bonchev–Trinajstić information content (AvgIpc) is 3.14. The number of ether oxygens (including phenoxy) is 2. The van der Waals surface area contributed by atoms with Crippen LogP contribution in [0.1, 0.15) is 86.0 Å². The molecule has 1 saturated heterocycles. The first-order valence-corrected chi connectivity index (χ1v) is 14.6. The Morgan fingerprint density at radius 2 is 1.79 bits per heavy atom. The Morgan fingerprint density at radius 3 is 2.42 bits per heavy atom. The smallest absolute Gasteiger partial charge is 0.162 e. The van der Waals surface area contributed by atoms with Crippen LogP contribution in [0.25, 0.3) is 0 Å². The van der Waals surface area contributed by atoms with Crippen LogP contribution in [-0.2, 0) is 14.3 Å². The van der Waals surface area contributed by atoms with Crippen LogP contribution in [0, 0.1) is 34.5 Å². The number of fused-ring (bicyclic) bond motifs is 5. The second-order valence-corrected chi connectivity index (χ2v) is 14.0. The predicted molar refractivity (Wildman–Crippen MR) is 140 cm³/mol. The zero-order valence-corrected chi connectivity index (χ0v) is 23.8. The largest absolute Gasteiger partial charge is 0.390 e. The van der Waals surface area contributed by atoms with Crippen LogP contribution in [0.15, 0.2) is 11.6 Å². The van der Waals surface area contributed by atoms with E-state index in [0.29, 0.717) is 32.1 Å². The van der Waals surface area contributed by atoms with Crippen LogP contribution < -0.4 is 0 Å². The SMILES string of the molecule is CC[C@@]1(O)C[C@H]([C@](C)(O)[C@H]2CC[C@@]3(O)C4=CC(=O)[C@@H]5C[C@@H](O)[C@@H](O)C[C@]5(C)[C@H]4CC[C@]23C)O[C@H](OC)[C@H]1C. The number of carbonyl (C=O) groups excluding carboxylic acids is 1. The van der Waals surface area contributed by atoms with Crippen LogP contribution in [-0.4, -0.2) is 79.8 Å². The van der Waals surface area contributed by atoms with Crippen molar-refractivity contribution in [1.82, 2.24) is 0 Å². The molecular formula is C30H48O8. The summed E-state index contributed by atoms with van der Waals surface area (Å²) in [6.45, 7) is 9.66. The highest BCUT2D eigenvalue weighted by Gasteiger charge is 2.70. The van der Waals surface area contributed by atoms with Gasteiger partial charge in [0.2, 0.25) is 0 Å². The second kappa shape index (κ2) is 9.07. The third-order valence-corrected chi connectivity index (χ3v) is 12.4. The van der Waals surface area contributed by atoms with Gasteiger partial charge in [-0.1, -0.05) is 27.7 Å². The van der Waals surface area contributed by atoms with Crippen molar-refractivity contribution in [1.29, 1.82) is 0 Å². The van der Waals surface area contributed by atoms with E-state index in [0.717, 1.165) is 12.0 Å². The summed E-state index contributed by atoms with van der Waals surface area (Å²) >= 11 is 0. The van der Waals surface area contributed by atoms with E-state index in [1.54, 1.807) is 20.1 Å². The van der Waals surface area contributed by atoms with Gasteiger partial charge in [-0.25, -0.2) is 0 Å². The van der Waals surface area contributed by atoms with Gasteiger partial charge in [0.15, 0.2) is 12.1 Å². The van der Waals surface area contributed by atoms with E-state index in [-0.39, 0.29) is 42.3 Å². The molecule has 0 aromatic rings. The molecule has 1 heterocycles. The van der Waals surface area contributed by atoms with Crippen LogP contribution in [0.2, 0.25) is 0 Å². The Morgan fingerprint density at radius 1 is 1.11 bits per heavy atom. The summed E-state index contributed by atoms with van der Waals surface area (Å²) in [6, 6.07) is 0. The molecular weight excluding hydrogens is 488 g/mol. The fourth-order valence-electron chi connectivity index (χ4n) is 9.69. The number of allylic oxidation sites excluding steroid dienone is 1. The maximum atomic E-state index is 13.4. The van der Waals surface area contributed by atoms with Gasteiger partial charge >= 0.3 is 0 Å². The van der Waals surface area contributed by atoms with E-state index in [1.807, 2.05) is 27.7 Å². The molecule has 0 spiro atoms. The fourth-order valence-corrected chi connectivity index (χ4v) is 9.69. The van der Waals surface area contributed by atoms with Gasteiger partial charge in [0.25, 0.3) is 0 Å². The number of aliphatic hydroxyl groups is 5. The monoisotopic (exact) mass is 536 g/mol. The molecule has 38 heavy (non-hydrogen) atoms. The molecule has 5 rings (SSSR count). The van der Waals surface area contributed by atoms with Crippen LogP contribution in [0.5, 0.6) is 0 Å². The fraction of sp³-hybridized carbons (Fsp3) is 0.900. The lowest BCUT2D eigenvalue weighted by Gasteiger charge is -2.61. The average molecular weight is 537 g/mol. The molecule has 216 valence electrons. The lowest BCUT2D eigenvalue weighted by Crippen LogP contribution is -2.65. The van der Waals surface area contributed by atoms with Gasteiger partial charge in [0.1, 0.15) is 0 Å². The minimum absolute atomic E-state index is 0.0797. The lowest BCUT2D eigenvalue weighted by molar-refractivity contribution is -0.304. The Kier molecular flexibility index (Phi) is 6.84. The maximum Gasteiger partial charge on any atom is 0.162 e. The molecule has 8 nitrogen and oxygen atoms in total. The van der Waals surface area contributed by atoms with Crippen LogP contribution in [0.3, 0.4) is 0 Å². The number of rotatable bonds is 4. The summed E-state index contributed by atoms with van der Waals surface area (Å²) in [5.41, 5.74) is -4.20. The molecule has 13 atom stereocenters.